The monoisotopic (exact) mass is 463 g/mol. The fourth-order valence-electron chi connectivity index (χ4n) is 3.95. The Hall–Kier alpha value is -1.93. The highest BCUT2D eigenvalue weighted by molar-refractivity contribution is 7.89. The third-order valence-electron chi connectivity index (χ3n) is 5.69. The van der Waals surface area contributed by atoms with E-state index in [2.05, 4.69) is 10.2 Å². The zero-order valence-electron chi connectivity index (χ0n) is 18.1. The first kappa shape index (κ1) is 23.7. The lowest BCUT2D eigenvalue weighted by Crippen LogP contribution is -2.40. The molecule has 1 saturated heterocycles. The number of rotatable bonds is 8. The van der Waals surface area contributed by atoms with Gasteiger partial charge in [0.05, 0.1) is 10.8 Å². The Morgan fingerprint density at radius 1 is 1.13 bits per heavy atom. The molecule has 0 bridgehead atoms. The van der Waals surface area contributed by atoms with Crippen LogP contribution in [-0.2, 0) is 21.4 Å². The largest absolute Gasteiger partial charge is 0.326 e. The molecule has 6 nitrogen and oxygen atoms in total. The van der Waals surface area contributed by atoms with Crippen molar-refractivity contribution in [1.82, 2.24) is 9.21 Å². The maximum absolute atomic E-state index is 12.8. The van der Waals surface area contributed by atoms with Crippen LogP contribution in [0.3, 0.4) is 0 Å². The number of halogens is 1. The molecule has 0 saturated carbocycles. The molecule has 1 aliphatic rings. The topological polar surface area (TPSA) is 69.7 Å². The van der Waals surface area contributed by atoms with Gasteiger partial charge in [0.25, 0.3) is 0 Å². The second-order valence-electron chi connectivity index (χ2n) is 7.77. The summed E-state index contributed by atoms with van der Waals surface area (Å²) in [6, 6.07) is 14.2. The van der Waals surface area contributed by atoms with E-state index < -0.39 is 10.0 Å². The Bertz CT molecular complexity index is 991. The van der Waals surface area contributed by atoms with Crippen LogP contribution in [-0.4, -0.2) is 49.7 Å². The van der Waals surface area contributed by atoms with Crippen LogP contribution in [0.15, 0.2) is 53.4 Å². The number of hydrogen-bond donors (Lipinski definition) is 1. The minimum atomic E-state index is -3.50. The molecule has 2 aromatic rings. The predicted octanol–water partition coefficient (Wildman–Crippen LogP) is 4.22. The lowest BCUT2D eigenvalue weighted by Gasteiger charge is -2.32. The van der Waals surface area contributed by atoms with Gasteiger partial charge in [-0.15, -0.1) is 0 Å². The number of benzene rings is 2. The van der Waals surface area contributed by atoms with Crippen LogP contribution >= 0.6 is 11.6 Å². The van der Waals surface area contributed by atoms with Crippen molar-refractivity contribution in [2.75, 3.05) is 31.5 Å². The van der Waals surface area contributed by atoms with Crippen molar-refractivity contribution < 1.29 is 13.2 Å². The van der Waals surface area contributed by atoms with Crippen molar-refractivity contribution >= 4 is 33.2 Å². The first-order valence-corrected chi connectivity index (χ1v) is 12.5. The molecule has 3 rings (SSSR count). The number of carbonyl (C=O) groups is 1. The van der Waals surface area contributed by atoms with Crippen LogP contribution in [0.4, 0.5) is 5.69 Å². The van der Waals surface area contributed by atoms with Gasteiger partial charge < -0.3 is 5.32 Å². The molecule has 2 aromatic carbocycles. The highest BCUT2D eigenvalue weighted by Gasteiger charge is 2.26. The molecule has 0 spiro atoms. The molecule has 0 aliphatic carbocycles. The molecule has 1 heterocycles. The summed E-state index contributed by atoms with van der Waals surface area (Å²) in [7, 11) is -3.50. The summed E-state index contributed by atoms with van der Waals surface area (Å²) in [6.07, 6.45) is 1.78. The molecule has 0 aromatic heterocycles. The smallest absolute Gasteiger partial charge is 0.243 e. The number of anilines is 1. The van der Waals surface area contributed by atoms with E-state index in [1.165, 1.54) is 4.31 Å². The van der Waals surface area contributed by atoms with E-state index in [1.54, 1.807) is 24.3 Å². The average molecular weight is 464 g/mol. The number of hydrogen-bond acceptors (Lipinski definition) is 4. The zero-order valence-corrected chi connectivity index (χ0v) is 19.6. The SMILES string of the molecule is CCN(CC)S(=O)(=O)c1ccc(NC(=O)C2CCCN(Cc3ccccc3Cl)C2)cc1. The molecule has 1 atom stereocenters. The molecule has 1 unspecified atom stereocenters. The van der Waals surface area contributed by atoms with E-state index in [1.807, 2.05) is 38.1 Å². The molecule has 1 amide bonds. The summed E-state index contributed by atoms with van der Waals surface area (Å²) in [5, 5.41) is 3.69. The van der Waals surface area contributed by atoms with Crippen LogP contribution in [0.5, 0.6) is 0 Å². The average Bonchev–Trinajstić information content (AvgIpc) is 2.76. The quantitative estimate of drug-likeness (QED) is 0.636. The zero-order chi connectivity index (χ0) is 22.4. The molecule has 8 heteroatoms. The Labute approximate surface area is 190 Å². The van der Waals surface area contributed by atoms with E-state index in [4.69, 9.17) is 11.6 Å². The van der Waals surface area contributed by atoms with Crippen LogP contribution < -0.4 is 5.32 Å². The van der Waals surface area contributed by atoms with Crippen LogP contribution in [0, 0.1) is 5.92 Å². The van der Waals surface area contributed by atoms with Gasteiger partial charge in [-0.25, -0.2) is 8.42 Å². The van der Waals surface area contributed by atoms with Gasteiger partial charge in [-0.3, -0.25) is 9.69 Å². The van der Waals surface area contributed by atoms with Crippen molar-refractivity contribution in [2.24, 2.45) is 5.92 Å². The lowest BCUT2D eigenvalue weighted by molar-refractivity contribution is -0.121. The first-order chi connectivity index (χ1) is 14.8. The van der Waals surface area contributed by atoms with E-state index in [-0.39, 0.29) is 16.7 Å². The molecule has 0 radical (unpaired) electrons. The lowest BCUT2D eigenvalue weighted by atomic mass is 9.96. The maximum Gasteiger partial charge on any atom is 0.243 e. The summed E-state index contributed by atoms with van der Waals surface area (Å²) >= 11 is 6.28. The van der Waals surface area contributed by atoms with Gasteiger partial charge in [0, 0.05) is 36.9 Å². The van der Waals surface area contributed by atoms with Crippen molar-refractivity contribution in [3.8, 4) is 0 Å². The summed E-state index contributed by atoms with van der Waals surface area (Å²) in [5.41, 5.74) is 1.67. The Kier molecular flexibility index (Phi) is 8.11. The number of nitrogens with one attached hydrogen (secondary N) is 1. The molecule has 1 fully saturated rings. The van der Waals surface area contributed by atoms with Gasteiger partial charge in [-0.1, -0.05) is 43.6 Å². The fourth-order valence-corrected chi connectivity index (χ4v) is 5.60. The number of carbonyl (C=O) groups excluding carboxylic acids is 1. The van der Waals surface area contributed by atoms with E-state index in [0.717, 1.165) is 36.5 Å². The Balaban J connectivity index is 1.61. The highest BCUT2D eigenvalue weighted by atomic mass is 35.5. The van der Waals surface area contributed by atoms with Crippen LogP contribution in [0.1, 0.15) is 32.3 Å². The maximum atomic E-state index is 12.8. The second-order valence-corrected chi connectivity index (χ2v) is 10.1. The fraction of sp³-hybridized carbons (Fsp3) is 0.435. The van der Waals surface area contributed by atoms with Crippen LogP contribution in [0.25, 0.3) is 0 Å². The van der Waals surface area contributed by atoms with Crippen molar-refractivity contribution in [3.05, 3.63) is 59.1 Å². The first-order valence-electron chi connectivity index (χ1n) is 10.7. The predicted molar refractivity (Wildman–Crippen MR) is 125 cm³/mol. The molecular weight excluding hydrogens is 434 g/mol. The van der Waals surface area contributed by atoms with Crippen molar-refractivity contribution in [1.29, 1.82) is 0 Å². The number of piperidine rings is 1. The molecule has 168 valence electrons. The Morgan fingerprint density at radius 3 is 2.45 bits per heavy atom. The van der Waals surface area contributed by atoms with E-state index >= 15 is 0 Å². The van der Waals surface area contributed by atoms with Gasteiger partial charge in [0.2, 0.25) is 15.9 Å². The van der Waals surface area contributed by atoms with Gasteiger partial charge in [0.15, 0.2) is 0 Å². The summed E-state index contributed by atoms with van der Waals surface area (Å²) in [6.45, 7) is 6.80. The number of likely N-dealkylation sites (tertiary alicyclic amines) is 1. The molecule has 1 N–H and O–H groups in total. The second kappa shape index (κ2) is 10.6. The minimum Gasteiger partial charge on any atom is -0.326 e. The van der Waals surface area contributed by atoms with Gasteiger partial charge in [0.1, 0.15) is 0 Å². The summed E-state index contributed by atoms with van der Waals surface area (Å²) in [5.74, 6) is -0.154. The van der Waals surface area contributed by atoms with Gasteiger partial charge in [-0.2, -0.15) is 4.31 Å². The molecule has 1 aliphatic heterocycles. The van der Waals surface area contributed by atoms with Gasteiger partial charge in [-0.05, 0) is 55.3 Å². The normalized spacial score (nSPS) is 17.6. The van der Waals surface area contributed by atoms with Crippen molar-refractivity contribution in [3.63, 3.8) is 0 Å². The van der Waals surface area contributed by atoms with Crippen LogP contribution in [0.2, 0.25) is 5.02 Å². The molecule has 31 heavy (non-hydrogen) atoms. The summed E-state index contributed by atoms with van der Waals surface area (Å²) < 4.78 is 26.6. The van der Waals surface area contributed by atoms with E-state index in [9.17, 15) is 13.2 Å². The Morgan fingerprint density at radius 2 is 1.81 bits per heavy atom. The third kappa shape index (κ3) is 5.86. The van der Waals surface area contributed by atoms with E-state index in [0.29, 0.717) is 25.3 Å². The molecular formula is C23H30ClN3O3S. The number of amides is 1. The highest BCUT2D eigenvalue weighted by Crippen LogP contribution is 2.24. The number of nitrogens with zero attached hydrogens (tertiary/aromatic N) is 2. The summed E-state index contributed by atoms with van der Waals surface area (Å²) in [4.78, 5) is 15.3. The van der Waals surface area contributed by atoms with Crippen molar-refractivity contribution in [2.45, 2.75) is 38.1 Å². The standard InChI is InChI=1S/C23H30ClN3O3S/c1-3-27(4-2)31(29,30)21-13-11-20(12-14-21)25-23(28)19-9-7-15-26(17-19)16-18-8-5-6-10-22(18)24/h5-6,8,10-14,19H,3-4,7,9,15-17H2,1-2H3,(H,25,28). The number of sulfonamides is 1. The third-order valence-corrected chi connectivity index (χ3v) is 8.13. The minimum absolute atomic E-state index is 0.0387. The van der Waals surface area contributed by atoms with Gasteiger partial charge >= 0.3 is 0 Å².